The lowest BCUT2D eigenvalue weighted by Gasteiger charge is -2.40. The van der Waals surface area contributed by atoms with E-state index in [0.717, 1.165) is 10.5 Å². The summed E-state index contributed by atoms with van der Waals surface area (Å²) in [5, 5.41) is 1.65. The Hall–Kier alpha value is 0.0200. The van der Waals surface area contributed by atoms with Crippen molar-refractivity contribution >= 4 is 17.5 Å². The van der Waals surface area contributed by atoms with E-state index in [1.54, 1.807) is 0 Å². The van der Waals surface area contributed by atoms with Gasteiger partial charge in [0.1, 0.15) is 5.78 Å². The van der Waals surface area contributed by atoms with Gasteiger partial charge < -0.3 is 0 Å². The minimum atomic E-state index is 0.451. The molecule has 2 heteroatoms. The first-order chi connectivity index (χ1) is 7.33. The van der Waals surface area contributed by atoms with Crippen LogP contribution in [-0.4, -0.2) is 16.3 Å². The summed E-state index contributed by atoms with van der Waals surface area (Å²) < 4.78 is 0. The Labute approximate surface area is 96.4 Å². The van der Waals surface area contributed by atoms with Crippen molar-refractivity contribution in [3.8, 4) is 0 Å². The monoisotopic (exact) mass is 224 g/mol. The normalized spacial score (nSPS) is 40.9. The summed E-state index contributed by atoms with van der Waals surface area (Å²) in [6.07, 6.45) is 10.2. The Morgan fingerprint density at radius 2 is 1.47 bits per heavy atom. The molecule has 0 aromatic rings. The van der Waals surface area contributed by atoms with E-state index in [4.69, 9.17) is 0 Å². The molecule has 2 aliphatic heterocycles. The van der Waals surface area contributed by atoms with Crippen LogP contribution in [-0.2, 0) is 4.79 Å². The summed E-state index contributed by atoms with van der Waals surface area (Å²) in [4.78, 5) is 12.2. The molecule has 3 rings (SSSR count). The van der Waals surface area contributed by atoms with Gasteiger partial charge in [-0.15, -0.1) is 0 Å². The fourth-order valence-electron chi connectivity index (χ4n) is 3.32. The molecular formula is C13H20OS. The van der Waals surface area contributed by atoms with Crippen molar-refractivity contribution < 1.29 is 4.79 Å². The molecule has 0 radical (unpaired) electrons. The molecule has 1 saturated carbocycles. The lowest BCUT2D eigenvalue weighted by atomic mass is 9.74. The molecular weight excluding hydrogens is 204 g/mol. The SMILES string of the molecule is O=C(C1CCC1)C1CC2CCCC(C1)S2. The topological polar surface area (TPSA) is 17.1 Å². The van der Waals surface area contributed by atoms with Crippen LogP contribution in [0.25, 0.3) is 0 Å². The average molecular weight is 224 g/mol. The van der Waals surface area contributed by atoms with Gasteiger partial charge in [0.2, 0.25) is 0 Å². The molecule has 0 spiro atoms. The maximum Gasteiger partial charge on any atom is 0.139 e. The van der Waals surface area contributed by atoms with Gasteiger partial charge in [0.05, 0.1) is 0 Å². The van der Waals surface area contributed by atoms with E-state index in [1.807, 2.05) is 0 Å². The molecule has 0 amide bonds. The van der Waals surface area contributed by atoms with Crippen molar-refractivity contribution in [3.05, 3.63) is 0 Å². The van der Waals surface area contributed by atoms with Crippen LogP contribution >= 0.6 is 11.8 Å². The molecule has 15 heavy (non-hydrogen) atoms. The fraction of sp³-hybridized carbons (Fsp3) is 0.923. The highest BCUT2D eigenvalue weighted by molar-refractivity contribution is 8.00. The van der Waals surface area contributed by atoms with Crippen LogP contribution < -0.4 is 0 Å². The van der Waals surface area contributed by atoms with Crippen LogP contribution in [0, 0.1) is 11.8 Å². The predicted molar refractivity (Wildman–Crippen MR) is 64.1 cm³/mol. The van der Waals surface area contributed by atoms with Gasteiger partial charge in [0, 0.05) is 22.3 Å². The maximum absolute atomic E-state index is 12.2. The smallest absolute Gasteiger partial charge is 0.139 e. The first-order valence-electron chi connectivity index (χ1n) is 6.52. The van der Waals surface area contributed by atoms with Crippen molar-refractivity contribution in [2.24, 2.45) is 11.8 Å². The fourth-order valence-corrected chi connectivity index (χ4v) is 5.15. The number of hydrogen-bond donors (Lipinski definition) is 0. The van der Waals surface area contributed by atoms with Gasteiger partial charge in [-0.3, -0.25) is 4.79 Å². The second kappa shape index (κ2) is 4.12. The first kappa shape index (κ1) is 10.2. The van der Waals surface area contributed by atoms with Gasteiger partial charge in [-0.25, -0.2) is 0 Å². The van der Waals surface area contributed by atoms with Crippen molar-refractivity contribution in [2.75, 3.05) is 0 Å². The minimum absolute atomic E-state index is 0.451. The molecule has 2 heterocycles. The van der Waals surface area contributed by atoms with Crippen LogP contribution in [0.4, 0.5) is 0 Å². The van der Waals surface area contributed by atoms with Crippen LogP contribution in [0.15, 0.2) is 0 Å². The molecule has 2 bridgehead atoms. The maximum atomic E-state index is 12.2. The molecule has 84 valence electrons. The zero-order chi connectivity index (χ0) is 10.3. The van der Waals surface area contributed by atoms with Crippen LogP contribution in [0.1, 0.15) is 51.4 Å². The van der Waals surface area contributed by atoms with Gasteiger partial charge in [-0.1, -0.05) is 12.8 Å². The number of carbonyl (C=O) groups is 1. The van der Waals surface area contributed by atoms with Crippen LogP contribution in [0.3, 0.4) is 0 Å². The van der Waals surface area contributed by atoms with E-state index < -0.39 is 0 Å². The summed E-state index contributed by atoms with van der Waals surface area (Å²) in [5.41, 5.74) is 0. The second-order valence-electron chi connectivity index (χ2n) is 5.51. The highest BCUT2D eigenvalue weighted by atomic mass is 32.2. The van der Waals surface area contributed by atoms with Crippen molar-refractivity contribution in [2.45, 2.75) is 61.9 Å². The van der Waals surface area contributed by atoms with Crippen molar-refractivity contribution in [3.63, 3.8) is 0 Å². The number of rotatable bonds is 2. The van der Waals surface area contributed by atoms with Crippen molar-refractivity contribution in [1.29, 1.82) is 0 Å². The average Bonchev–Trinajstić information content (AvgIpc) is 2.14. The zero-order valence-corrected chi connectivity index (χ0v) is 10.1. The lowest BCUT2D eigenvalue weighted by molar-refractivity contribution is -0.129. The summed E-state index contributed by atoms with van der Waals surface area (Å²) in [5.74, 6) is 1.56. The summed E-state index contributed by atoms with van der Waals surface area (Å²) in [6.45, 7) is 0. The zero-order valence-electron chi connectivity index (χ0n) is 9.28. The van der Waals surface area contributed by atoms with E-state index >= 15 is 0 Å². The third kappa shape index (κ3) is 1.98. The molecule has 1 nitrogen and oxygen atoms in total. The standard InChI is InChI=1S/C13H20OS/c14-13(9-3-1-4-9)10-7-11-5-2-6-12(8-10)15-11/h9-12H,1-8H2. The highest BCUT2D eigenvalue weighted by Gasteiger charge is 2.38. The Morgan fingerprint density at radius 1 is 0.867 bits per heavy atom. The van der Waals surface area contributed by atoms with E-state index in [-0.39, 0.29) is 0 Å². The Balaban J connectivity index is 1.63. The first-order valence-corrected chi connectivity index (χ1v) is 7.46. The second-order valence-corrected chi connectivity index (χ2v) is 7.12. The van der Waals surface area contributed by atoms with E-state index in [0.29, 0.717) is 17.6 Å². The number of fused-ring (bicyclic) bond motifs is 2. The Morgan fingerprint density at radius 3 is 2.00 bits per heavy atom. The molecule has 2 saturated heterocycles. The van der Waals surface area contributed by atoms with Crippen molar-refractivity contribution in [1.82, 2.24) is 0 Å². The molecule has 2 atom stereocenters. The molecule has 0 aromatic carbocycles. The molecule has 0 N–H and O–H groups in total. The van der Waals surface area contributed by atoms with E-state index in [2.05, 4.69) is 11.8 Å². The van der Waals surface area contributed by atoms with Gasteiger partial charge in [0.15, 0.2) is 0 Å². The summed E-state index contributed by atoms with van der Waals surface area (Å²) in [6, 6.07) is 0. The van der Waals surface area contributed by atoms with E-state index in [1.165, 1.54) is 51.4 Å². The van der Waals surface area contributed by atoms with Gasteiger partial charge in [0.25, 0.3) is 0 Å². The number of carbonyl (C=O) groups excluding carboxylic acids is 1. The van der Waals surface area contributed by atoms with Gasteiger partial charge in [-0.2, -0.15) is 11.8 Å². The largest absolute Gasteiger partial charge is 0.299 e. The van der Waals surface area contributed by atoms with Crippen LogP contribution in [0.5, 0.6) is 0 Å². The number of ketones is 1. The highest BCUT2D eigenvalue weighted by Crippen LogP contribution is 2.45. The van der Waals surface area contributed by atoms with Gasteiger partial charge >= 0.3 is 0 Å². The quantitative estimate of drug-likeness (QED) is 0.715. The summed E-state index contributed by atoms with van der Waals surface area (Å²) >= 11 is 2.18. The molecule has 3 aliphatic rings. The Bertz CT molecular complexity index is 247. The molecule has 3 fully saturated rings. The minimum Gasteiger partial charge on any atom is -0.299 e. The predicted octanol–water partition coefficient (Wildman–Crippen LogP) is 3.42. The van der Waals surface area contributed by atoms with Crippen LogP contribution in [0.2, 0.25) is 0 Å². The third-order valence-electron chi connectivity index (χ3n) is 4.44. The lowest BCUT2D eigenvalue weighted by Crippen LogP contribution is -2.37. The Kier molecular flexibility index (Phi) is 2.80. The van der Waals surface area contributed by atoms with E-state index in [9.17, 15) is 4.79 Å². The summed E-state index contributed by atoms with van der Waals surface area (Å²) in [7, 11) is 0. The molecule has 2 unspecified atom stereocenters. The third-order valence-corrected chi connectivity index (χ3v) is 6.07. The molecule has 0 aromatic heterocycles. The van der Waals surface area contributed by atoms with Gasteiger partial charge in [-0.05, 0) is 38.5 Å². The number of hydrogen-bond acceptors (Lipinski definition) is 2. The number of Topliss-reactive ketones (excluding diaryl/α,β-unsaturated/α-hetero) is 1. The number of thioether (sulfide) groups is 1. The molecule has 1 aliphatic carbocycles.